The van der Waals surface area contributed by atoms with E-state index in [0.717, 1.165) is 56.8 Å². The molecule has 9 nitrogen and oxygen atoms in total. The van der Waals surface area contributed by atoms with Crippen LogP contribution >= 0.6 is 0 Å². The van der Waals surface area contributed by atoms with Gasteiger partial charge in [-0.05, 0) is 55.6 Å². The zero-order chi connectivity index (χ0) is 29.4. The monoisotopic (exact) mass is 572 g/mol. The maximum absolute atomic E-state index is 14.3. The molecule has 42 heavy (non-hydrogen) atoms. The summed E-state index contributed by atoms with van der Waals surface area (Å²) in [4.78, 5) is 39.8. The Balaban J connectivity index is 1.17. The summed E-state index contributed by atoms with van der Waals surface area (Å²) < 4.78 is 20.7. The molecule has 2 amide bonds. The Hall–Kier alpha value is -4.05. The first-order valence-corrected chi connectivity index (χ1v) is 14.7. The predicted octanol–water partition coefficient (Wildman–Crippen LogP) is 5.01. The van der Waals surface area contributed by atoms with Gasteiger partial charge in [0.25, 0.3) is 0 Å². The minimum Gasteiger partial charge on any atom is -0.450 e. The average Bonchev–Trinajstić information content (AvgIpc) is 3.68. The third kappa shape index (κ3) is 5.55. The van der Waals surface area contributed by atoms with E-state index in [0.29, 0.717) is 36.0 Å². The van der Waals surface area contributed by atoms with Crippen LogP contribution in [0.4, 0.5) is 21.6 Å². The molecule has 220 valence electrons. The minimum atomic E-state index is -0.436. The lowest BCUT2D eigenvalue weighted by Gasteiger charge is -2.27. The second-order valence-electron chi connectivity index (χ2n) is 12.0. The fourth-order valence-electron chi connectivity index (χ4n) is 6.51. The van der Waals surface area contributed by atoms with Crippen molar-refractivity contribution in [3.05, 3.63) is 65.9 Å². The van der Waals surface area contributed by atoms with Gasteiger partial charge in [-0.15, -0.1) is 0 Å². The normalized spacial score (nSPS) is 19.9. The van der Waals surface area contributed by atoms with Crippen molar-refractivity contribution in [1.29, 1.82) is 0 Å². The molecule has 2 aromatic carbocycles. The third-order valence-electron chi connectivity index (χ3n) is 8.63. The van der Waals surface area contributed by atoms with Crippen molar-refractivity contribution in [1.82, 2.24) is 14.9 Å². The molecule has 3 aliphatic heterocycles. The smallest absolute Gasteiger partial charge is 0.229 e. The van der Waals surface area contributed by atoms with Gasteiger partial charge in [-0.25, -0.2) is 14.4 Å². The van der Waals surface area contributed by atoms with Gasteiger partial charge in [-0.1, -0.05) is 26.0 Å². The largest absolute Gasteiger partial charge is 0.450 e. The zero-order valence-electron chi connectivity index (χ0n) is 24.4. The summed E-state index contributed by atoms with van der Waals surface area (Å²) in [6, 6.07) is 10.5. The number of rotatable bonds is 8. The minimum absolute atomic E-state index is 0.0591. The number of benzene rings is 2. The molecule has 10 heteroatoms. The van der Waals surface area contributed by atoms with E-state index in [1.165, 1.54) is 24.0 Å². The van der Waals surface area contributed by atoms with Crippen molar-refractivity contribution in [3.63, 3.8) is 0 Å². The van der Waals surface area contributed by atoms with Gasteiger partial charge in [0.05, 0.1) is 18.3 Å². The number of carbonyl (C=O) groups is 2. The molecule has 0 bridgehead atoms. The van der Waals surface area contributed by atoms with Crippen LogP contribution in [-0.2, 0) is 22.6 Å². The lowest BCUT2D eigenvalue weighted by Crippen LogP contribution is -2.34. The predicted molar refractivity (Wildman–Crippen MR) is 159 cm³/mol. The number of nitrogens with one attached hydrogen (secondary N) is 1. The Morgan fingerprint density at radius 2 is 1.98 bits per heavy atom. The highest BCUT2D eigenvalue weighted by Gasteiger charge is 2.44. The summed E-state index contributed by atoms with van der Waals surface area (Å²) in [5, 5.41) is 2.96. The molecule has 2 saturated heterocycles. The number of anilines is 3. The van der Waals surface area contributed by atoms with Crippen LogP contribution in [0.2, 0.25) is 0 Å². The highest BCUT2D eigenvalue weighted by Crippen LogP contribution is 2.44. The maximum atomic E-state index is 14.3. The van der Waals surface area contributed by atoms with Gasteiger partial charge in [-0.3, -0.25) is 14.5 Å². The van der Waals surface area contributed by atoms with Crippen molar-refractivity contribution in [2.45, 2.75) is 46.6 Å². The number of nitrogens with zero attached hydrogens (tertiary/aromatic N) is 5. The molecule has 1 aromatic heterocycles. The lowest BCUT2D eigenvalue weighted by atomic mass is 9.86. The quantitative estimate of drug-likeness (QED) is 0.406. The molecule has 0 aliphatic carbocycles. The van der Waals surface area contributed by atoms with Crippen molar-refractivity contribution >= 4 is 29.0 Å². The molecule has 1 unspecified atom stereocenters. The number of carbonyl (C=O) groups excluding carboxylic acids is 2. The summed E-state index contributed by atoms with van der Waals surface area (Å²) in [7, 11) is 0. The van der Waals surface area contributed by atoms with Gasteiger partial charge in [0.1, 0.15) is 12.1 Å². The summed E-state index contributed by atoms with van der Waals surface area (Å²) in [5.74, 6) is 0.836. The molecule has 0 radical (unpaired) electrons. The SMILES string of the molecule is CCN(C(=O)C(C)C)c1cc(F)ccc1Oc1cncnc1N1CCC2(CCN(Cc3ccc4c(c3)NC(=O)C4)C2)C1. The average molecular weight is 573 g/mol. The number of halogens is 1. The second kappa shape index (κ2) is 11.3. The van der Waals surface area contributed by atoms with Crippen LogP contribution in [0.5, 0.6) is 11.5 Å². The van der Waals surface area contributed by atoms with E-state index < -0.39 is 5.82 Å². The van der Waals surface area contributed by atoms with Crippen molar-refractivity contribution in [2.75, 3.05) is 47.8 Å². The van der Waals surface area contributed by atoms with E-state index in [2.05, 4.69) is 43.3 Å². The standard InChI is InChI=1S/C32H37FN6O3/c1-4-39(31(41)21(2)3)26-15-24(33)7-8-27(26)42-28-16-34-20-35-30(28)38-12-10-32(19-38)9-11-37(18-32)17-22-5-6-23-14-29(40)36-25(23)13-22/h5-8,13,15-16,20-21H,4,9-12,14,17-19H2,1-3H3,(H,36,40). The number of hydrogen-bond donors (Lipinski definition) is 1. The zero-order valence-corrected chi connectivity index (χ0v) is 24.4. The lowest BCUT2D eigenvalue weighted by molar-refractivity contribution is -0.121. The fourth-order valence-corrected chi connectivity index (χ4v) is 6.51. The molecular weight excluding hydrogens is 535 g/mol. The second-order valence-corrected chi connectivity index (χ2v) is 12.0. The first-order chi connectivity index (χ1) is 20.2. The van der Waals surface area contributed by atoms with Crippen LogP contribution in [0.15, 0.2) is 48.9 Å². The number of amides is 2. The van der Waals surface area contributed by atoms with Gasteiger partial charge in [0.15, 0.2) is 17.3 Å². The van der Waals surface area contributed by atoms with Crippen LogP contribution in [0.25, 0.3) is 0 Å². The molecule has 3 aliphatic rings. The topological polar surface area (TPSA) is 90.9 Å². The number of ether oxygens (including phenoxy) is 1. The summed E-state index contributed by atoms with van der Waals surface area (Å²) in [6.45, 7) is 10.4. The van der Waals surface area contributed by atoms with Crippen molar-refractivity contribution < 1.29 is 18.7 Å². The molecule has 0 saturated carbocycles. The number of likely N-dealkylation sites (tertiary alicyclic amines) is 1. The van der Waals surface area contributed by atoms with E-state index in [1.807, 2.05) is 20.8 Å². The Kier molecular flexibility index (Phi) is 7.57. The van der Waals surface area contributed by atoms with Crippen LogP contribution in [-0.4, -0.2) is 59.4 Å². The highest BCUT2D eigenvalue weighted by atomic mass is 19.1. The van der Waals surface area contributed by atoms with Crippen molar-refractivity contribution in [3.8, 4) is 11.5 Å². The maximum Gasteiger partial charge on any atom is 0.229 e. The Morgan fingerprint density at radius 1 is 1.14 bits per heavy atom. The van der Waals surface area contributed by atoms with Crippen LogP contribution in [0, 0.1) is 17.2 Å². The van der Waals surface area contributed by atoms with Gasteiger partial charge >= 0.3 is 0 Å². The Bertz CT molecular complexity index is 1510. The van der Waals surface area contributed by atoms with Gasteiger partial charge in [-0.2, -0.15) is 0 Å². The van der Waals surface area contributed by atoms with Gasteiger partial charge in [0.2, 0.25) is 11.8 Å². The van der Waals surface area contributed by atoms with Gasteiger partial charge in [0, 0.05) is 55.8 Å². The highest BCUT2D eigenvalue weighted by molar-refractivity contribution is 5.99. The number of hydrogen-bond acceptors (Lipinski definition) is 7. The molecule has 4 heterocycles. The first-order valence-electron chi connectivity index (χ1n) is 14.7. The molecule has 1 N–H and O–H groups in total. The van der Waals surface area contributed by atoms with Gasteiger partial charge < -0.3 is 19.9 Å². The van der Waals surface area contributed by atoms with E-state index in [4.69, 9.17) is 4.74 Å². The molecule has 1 spiro atoms. The first kappa shape index (κ1) is 28.1. The van der Waals surface area contributed by atoms with Crippen LogP contribution < -0.4 is 19.9 Å². The number of fused-ring (bicyclic) bond motifs is 1. The molecule has 2 fully saturated rings. The van der Waals surface area contributed by atoms with E-state index in [1.54, 1.807) is 17.2 Å². The Morgan fingerprint density at radius 3 is 2.79 bits per heavy atom. The summed E-state index contributed by atoms with van der Waals surface area (Å²) in [6.07, 6.45) is 5.75. The molecule has 3 aromatic rings. The van der Waals surface area contributed by atoms with Crippen LogP contribution in [0.1, 0.15) is 44.7 Å². The van der Waals surface area contributed by atoms with E-state index in [9.17, 15) is 14.0 Å². The van der Waals surface area contributed by atoms with E-state index >= 15 is 0 Å². The van der Waals surface area contributed by atoms with E-state index in [-0.39, 0.29) is 23.1 Å². The molecule has 1 atom stereocenters. The molecular formula is C32H37FN6O3. The van der Waals surface area contributed by atoms with Crippen LogP contribution in [0.3, 0.4) is 0 Å². The number of aromatic nitrogens is 2. The molecule has 6 rings (SSSR count). The summed E-state index contributed by atoms with van der Waals surface area (Å²) in [5.41, 5.74) is 3.76. The van der Waals surface area contributed by atoms with Crippen molar-refractivity contribution in [2.24, 2.45) is 11.3 Å². The third-order valence-corrected chi connectivity index (χ3v) is 8.63. The Labute approximate surface area is 245 Å². The fraction of sp³-hybridized carbons (Fsp3) is 0.438. The summed E-state index contributed by atoms with van der Waals surface area (Å²) >= 11 is 0.